The Kier molecular flexibility index (Phi) is 2.26. The molecule has 82 valence electrons. The van der Waals surface area contributed by atoms with Crippen LogP contribution in [0.25, 0.3) is 0 Å². The van der Waals surface area contributed by atoms with Gasteiger partial charge in [-0.05, 0) is 18.4 Å². The molecule has 0 radical (unpaired) electrons. The molecule has 1 fully saturated rings. The molecule has 0 bridgehead atoms. The summed E-state index contributed by atoms with van der Waals surface area (Å²) in [6, 6.07) is 0. The van der Waals surface area contributed by atoms with E-state index in [1.54, 1.807) is 10.9 Å². The highest BCUT2D eigenvalue weighted by Gasteiger charge is 2.55. The average Bonchev–Trinajstić information content (AvgIpc) is 2.83. The highest BCUT2D eigenvalue weighted by Crippen LogP contribution is 2.51. The van der Waals surface area contributed by atoms with Gasteiger partial charge in [-0.3, -0.25) is 4.68 Å². The van der Waals surface area contributed by atoms with Crippen LogP contribution in [0, 0.1) is 0 Å². The Morgan fingerprint density at radius 2 is 2.40 bits per heavy atom. The molecule has 1 heterocycles. The van der Waals surface area contributed by atoms with Gasteiger partial charge in [0.15, 0.2) is 6.10 Å². The van der Waals surface area contributed by atoms with Gasteiger partial charge in [-0.25, -0.2) is 4.79 Å². The van der Waals surface area contributed by atoms with Crippen molar-refractivity contribution in [2.75, 3.05) is 7.11 Å². The van der Waals surface area contributed by atoms with E-state index in [-0.39, 0.29) is 5.41 Å². The molecule has 5 heteroatoms. The monoisotopic (exact) mass is 210 g/mol. The van der Waals surface area contributed by atoms with Crippen LogP contribution in [0.15, 0.2) is 12.4 Å². The van der Waals surface area contributed by atoms with Crippen molar-refractivity contribution >= 4 is 5.97 Å². The highest BCUT2D eigenvalue weighted by atomic mass is 16.5. The third-order valence-electron chi connectivity index (χ3n) is 3.03. The maximum Gasteiger partial charge on any atom is 0.333 e. The Morgan fingerprint density at radius 3 is 2.73 bits per heavy atom. The number of aryl methyl sites for hydroxylation is 1. The fourth-order valence-corrected chi connectivity index (χ4v) is 2.08. The van der Waals surface area contributed by atoms with Gasteiger partial charge >= 0.3 is 5.97 Å². The first-order valence-corrected chi connectivity index (χ1v) is 4.85. The minimum atomic E-state index is -0.904. The SMILES string of the molecule is COC(C(=O)O)C1(c2cnn(C)c2)CC1. The second-order valence-corrected chi connectivity index (χ2v) is 4.01. The van der Waals surface area contributed by atoms with Crippen LogP contribution in [0.2, 0.25) is 0 Å². The van der Waals surface area contributed by atoms with Crippen LogP contribution in [0.3, 0.4) is 0 Å². The van der Waals surface area contributed by atoms with Gasteiger partial charge in [0.05, 0.1) is 6.20 Å². The molecule has 0 spiro atoms. The molecule has 1 N–H and O–H groups in total. The lowest BCUT2D eigenvalue weighted by molar-refractivity contribution is -0.150. The number of rotatable bonds is 4. The summed E-state index contributed by atoms with van der Waals surface area (Å²) in [6.07, 6.45) is 4.53. The molecule has 0 saturated heterocycles. The summed E-state index contributed by atoms with van der Waals surface area (Å²) in [6.45, 7) is 0. The molecule has 1 aliphatic carbocycles. The van der Waals surface area contributed by atoms with Gasteiger partial charge in [-0.1, -0.05) is 0 Å². The van der Waals surface area contributed by atoms with Crippen LogP contribution in [0.5, 0.6) is 0 Å². The Hall–Kier alpha value is -1.36. The molecule has 0 aromatic carbocycles. The first kappa shape index (κ1) is 10.2. The van der Waals surface area contributed by atoms with Crippen molar-refractivity contribution in [3.63, 3.8) is 0 Å². The standard InChI is InChI=1S/C10H14N2O3/c1-12-6-7(5-11-12)10(3-4-10)8(15-2)9(13)14/h5-6,8H,3-4H2,1-2H3,(H,13,14). The lowest BCUT2D eigenvalue weighted by atomic mass is 9.92. The van der Waals surface area contributed by atoms with Crippen molar-refractivity contribution in [2.45, 2.75) is 24.4 Å². The van der Waals surface area contributed by atoms with Crippen molar-refractivity contribution in [1.29, 1.82) is 0 Å². The molecular weight excluding hydrogens is 196 g/mol. The molecule has 1 saturated carbocycles. The molecule has 1 unspecified atom stereocenters. The van der Waals surface area contributed by atoms with Crippen molar-refractivity contribution in [3.05, 3.63) is 18.0 Å². The maximum absolute atomic E-state index is 11.0. The molecule has 5 nitrogen and oxygen atoms in total. The normalized spacial score (nSPS) is 19.9. The van der Waals surface area contributed by atoms with Crippen molar-refractivity contribution in [2.24, 2.45) is 7.05 Å². The smallest absolute Gasteiger partial charge is 0.333 e. The van der Waals surface area contributed by atoms with Crippen LogP contribution in [0.1, 0.15) is 18.4 Å². The number of aromatic nitrogens is 2. The summed E-state index contributed by atoms with van der Waals surface area (Å²) in [5.74, 6) is -0.904. The number of aliphatic carboxylic acids is 1. The average molecular weight is 210 g/mol. The Morgan fingerprint density at radius 1 is 1.73 bits per heavy atom. The molecule has 1 atom stereocenters. The number of ether oxygens (including phenoxy) is 1. The first-order valence-electron chi connectivity index (χ1n) is 4.85. The zero-order valence-corrected chi connectivity index (χ0v) is 8.80. The van der Waals surface area contributed by atoms with E-state index in [1.807, 2.05) is 13.2 Å². The lowest BCUT2D eigenvalue weighted by Gasteiger charge is -2.20. The maximum atomic E-state index is 11.0. The Bertz CT molecular complexity index is 382. The topological polar surface area (TPSA) is 64.3 Å². The molecule has 1 aromatic rings. The minimum absolute atomic E-state index is 0.352. The zero-order valence-electron chi connectivity index (χ0n) is 8.80. The summed E-state index contributed by atoms with van der Waals surface area (Å²) in [5.41, 5.74) is 0.605. The van der Waals surface area contributed by atoms with E-state index in [4.69, 9.17) is 9.84 Å². The largest absolute Gasteiger partial charge is 0.479 e. The lowest BCUT2D eigenvalue weighted by Crippen LogP contribution is -2.35. The van der Waals surface area contributed by atoms with E-state index in [9.17, 15) is 4.79 Å². The van der Waals surface area contributed by atoms with E-state index in [1.165, 1.54) is 7.11 Å². The minimum Gasteiger partial charge on any atom is -0.479 e. The molecule has 1 aliphatic rings. The van der Waals surface area contributed by atoms with Crippen molar-refractivity contribution in [3.8, 4) is 0 Å². The van der Waals surface area contributed by atoms with Gasteiger partial charge in [0.1, 0.15) is 0 Å². The quantitative estimate of drug-likeness (QED) is 0.788. The second-order valence-electron chi connectivity index (χ2n) is 4.01. The summed E-state index contributed by atoms with van der Waals surface area (Å²) in [5, 5.41) is 13.1. The third kappa shape index (κ3) is 1.52. The van der Waals surface area contributed by atoms with Gasteiger partial charge in [0.2, 0.25) is 0 Å². The van der Waals surface area contributed by atoms with Gasteiger partial charge in [-0.15, -0.1) is 0 Å². The molecule has 15 heavy (non-hydrogen) atoms. The van der Waals surface area contributed by atoms with Crippen molar-refractivity contribution < 1.29 is 14.6 Å². The van der Waals surface area contributed by atoms with Gasteiger partial charge in [-0.2, -0.15) is 5.10 Å². The van der Waals surface area contributed by atoms with Crippen LogP contribution in [-0.4, -0.2) is 34.1 Å². The summed E-state index contributed by atoms with van der Waals surface area (Å²) in [4.78, 5) is 11.0. The van der Waals surface area contributed by atoms with Crippen LogP contribution in [0.4, 0.5) is 0 Å². The van der Waals surface area contributed by atoms with E-state index < -0.39 is 12.1 Å². The van der Waals surface area contributed by atoms with Crippen LogP contribution >= 0.6 is 0 Å². The van der Waals surface area contributed by atoms with E-state index in [2.05, 4.69) is 5.10 Å². The Balaban J connectivity index is 2.30. The second kappa shape index (κ2) is 3.34. The fourth-order valence-electron chi connectivity index (χ4n) is 2.08. The fraction of sp³-hybridized carbons (Fsp3) is 0.600. The third-order valence-corrected chi connectivity index (χ3v) is 3.03. The van der Waals surface area contributed by atoms with Crippen molar-refractivity contribution in [1.82, 2.24) is 9.78 Å². The van der Waals surface area contributed by atoms with Gasteiger partial charge in [0, 0.05) is 25.8 Å². The number of methoxy groups -OCH3 is 1. The van der Waals surface area contributed by atoms with E-state index >= 15 is 0 Å². The Labute approximate surface area is 87.7 Å². The number of nitrogens with zero attached hydrogens (tertiary/aromatic N) is 2. The summed E-state index contributed by atoms with van der Waals surface area (Å²) >= 11 is 0. The molecule has 1 aromatic heterocycles. The molecule has 2 rings (SSSR count). The first-order chi connectivity index (χ1) is 7.10. The van der Waals surface area contributed by atoms with Crippen LogP contribution in [-0.2, 0) is 22.0 Å². The molecule has 0 amide bonds. The number of hydrogen-bond acceptors (Lipinski definition) is 3. The van der Waals surface area contributed by atoms with E-state index in [0.29, 0.717) is 0 Å². The highest BCUT2D eigenvalue weighted by molar-refractivity contribution is 5.76. The predicted octanol–water partition coefficient (Wildman–Crippen LogP) is 0.551. The molecular formula is C10H14N2O3. The number of carbonyl (C=O) groups is 1. The molecule has 0 aliphatic heterocycles. The summed E-state index contributed by atoms with van der Waals surface area (Å²) in [7, 11) is 3.26. The van der Waals surface area contributed by atoms with Crippen LogP contribution < -0.4 is 0 Å². The van der Waals surface area contributed by atoms with Gasteiger partial charge < -0.3 is 9.84 Å². The van der Waals surface area contributed by atoms with Gasteiger partial charge in [0.25, 0.3) is 0 Å². The number of carboxylic acid groups (broad SMARTS) is 1. The number of hydrogen-bond donors (Lipinski definition) is 1. The van der Waals surface area contributed by atoms with E-state index in [0.717, 1.165) is 18.4 Å². The predicted molar refractivity (Wildman–Crippen MR) is 52.6 cm³/mol. The summed E-state index contributed by atoms with van der Waals surface area (Å²) < 4.78 is 6.75. The number of carboxylic acids is 1. The zero-order chi connectivity index (χ0) is 11.1.